The minimum atomic E-state index is -3.58. The van der Waals surface area contributed by atoms with Crippen molar-refractivity contribution >= 4 is 32.3 Å². The van der Waals surface area contributed by atoms with E-state index in [-0.39, 0.29) is 22.0 Å². The lowest BCUT2D eigenvalue weighted by Crippen LogP contribution is -2.25. The van der Waals surface area contributed by atoms with Crippen molar-refractivity contribution < 1.29 is 17.2 Å². The number of rotatable bonds is 3. The molecule has 0 saturated carbocycles. The lowest BCUT2D eigenvalue weighted by molar-refractivity contribution is 0.536. The van der Waals surface area contributed by atoms with Crippen LogP contribution < -0.4 is 10.4 Å². The fourth-order valence-corrected chi connectivity index (χ4v) is 6.49. The summed E-state index contributed by atoms with van der Waals surface area (Å²) in [6.45, 7) is 15.5. The van der Waals surface area contributed by atoms with Gasteiger partial charge in [-0.1, -0.05) is 35.3 Å². The van der Waals surface area contributed by atoms with Gasteiger partial charge in [0, 0.05) is 17.2 Å². The molecule has 0 amide bonds. The van der Waals surface area contributed by atoms with Crippen molar-refractivity contribution in [1.82, 2.24) is 0 Å². The summed E-state index contributed by atoms with van der Waals surface area (Å²) in [7, 11) is -3.58. The van der Waals surface area contributed by atoms with Crippen LogP contribution in [-0.4, -0.2) is 23.4 Å². The molecule has 38 heavy (non-hydrogen) atoms. The average Bonchev–Trinajstić information content (AvgIpc) is 3.43. The first-order chi connectivity index (χ1) is 18.1. The van der Waals surface area contributed by atoms with Crippen LogP contribution in [0.4, 0.5) is 0 Å². The number of hydrogen-bond acceptors (Lipinski definition) is 6. The predicted molar refractivity (Wildman–Crippen MR) is 139 cm³/mol. The lowest BCUT2D eigenvalue weighted by Gasteiger charge is -2.14. The Labute approximate surface area is 221 Å². The highest BCUT2D eigenvalue weighted by Crippen LogP contribution is 2.41. The molecule has 1 atom stereocenters. The van der Waals surface area contributed by atoms with E-state index >= 15 is 0 Å². The molecule has 0 N–H and O–H groups in total. The second-order valence-electron chi connectivity index (χ2n) is 8.99. The molecule has 2 aliphatic rings. The number of benzene rings is 3. The van der Waals surface area contributed by atoms with Gasteiger partial charge in [-0.15, -0.1) is 0 Å². The van der Waals surface area contributed by atoms with E-state index in [1.807, 2.05) is 12.1 Å². The topological polar surface area (TPSA) is 131 Å². The van der Waals surface area contributed by atoms with Gasteiger partial charge < -0.3 is 4.55 Å². The van der Waals surface area contributed by atoms with E-state index in [0.717, 1.165) is 17.4 Å². The molecule has 10 heteroatoms. The van der Waals surface area contributed by atoms with Crippen LogP contribution in [0.3, 0.4) is 0 Å². The van der Waals surface area contributed by atoms with Crippen LogP contribution in [0.1, 0.15) is 27.8 Å². The van der Waals surface area contributed by atoms with Gasteiger partial charge in [0.15, 0.2) is 9.84 Å². The quantitative estimate of drug-likeness (QED) is 0.258. The Morgan fingerprint density at radius 2 is 1.47 bits per heavy atom. The fraction of sp³-hybridized carbons (Fsp3) is 0.143. The van der Waals surface area contributed by atoms with Crippen LogP contribution in [0.25, 0.3) is 43.3 Å². The summed E-state index contributed by atoms with van der Waals surface area (Å²) in [5.74, 6) is -0.231. The molecular formula is C28H15N4O4S2-. The number of hydrogen-bond donors (Lipinski definition) is 0. The van der Waals surface area contributed by atoms with E-state index in [0.29, 0.717) is 62.2 Å². The monoisotopic (exact) mass is 535 g/mol. The molecule has 0 bridgehead atoms. The first kappa shape index (κ1) is 25.1. The molecule has 8 nitrogen and oxygen atoms in total. The van der Waals surface area contributed by atoms with Crippen molar-refractivity contribution in [2.75, 3.05) is 6.26 Å². The van der Waals surface area contributed by atoms with Crippen molar-refractivity contribution in [1.29, 1.82) is 10.5 Å². The number of nitrogens with zero attached hydrogens (tertiary/aromatic N) is 4. The van der Waals surface area contributed by atoms with E-state index in [4.69, 9.17) is 13.1 Å². The highest BCUT2D eigenvalue weighted by Gasteiger charge is 2.32. The molecule has 3 aromatic rings. The second-order valence-corrected chi connectivity index (χ2v) is 11.9. The summed E-state index contributed by atoms with van der Waals surface area (Å²) in [6, 6.07) is 13.8. The fourth-order valence-electron chi connectivity index (χ4n) is 5.39. The maximum absolute atomic E-state index is 12.4. The molecule has 184 valence electrons. The smallest absolute Gasteiger partial charge is 0.270 e. The summed E-state index contributed by atoms with van der Waals surface area (Å²) in [5, 5.41) is 20.6. The number of fused-ring (bicyclic) bond motifs is 6. The SMILES string of the molecule is [C-]#[N+]/C(C#N)=c1\c2c(/c(=C(/C#N)[N+]#[C-])c3c1Cc1ccc(S(C)(=O)=O)cc1-3)-c1cc(CS(=O)[O-])ccc1C2. The first-order valence-corrected chi connectivity index (χ1v) is 14.3. The summed E-state index contributed by atoms with van der Waals surface area (Å²) < 4.78 is 47.5. The van der Waals surface area contributed by atoms with Crippen LogP contribution in [0, 0.1) is 35.8 Å². The Hall–Kier alpha value is -4.58. The normalized spacial score (nSPS) is 14.9. The van der Waals surface area contributed by atoms with Crippen molar-refractivity contribution in [2.45, 2.75) is 23.5 Å². The maximum Gasteiger partial charge on any atom is 0.270 e. The van der Waals surface area contributed by atoms with Gasteiger partial charge >= 0.3 is 0 Å². The van der Waals surface area contributed by atoms with E-state index in [1.54, 1.807) is 24.3 Å². The van der Waals surface area contributed by atoms with E-state index in [9.17, 15) is 27.7 Å². The van der Waals surface area contributed by atoms with Gasteiger partial charge in [0.2, 0.25) is 0 Å². The van der Waals surface area contributed by atoms with Crippen LogP contribution in [0.2, 0.25) is 0 Å². The third-order valence-electron chi connectivity index (χ3n) is 6.86. The molecule has 0 saturated heterocycles. The van der Waals surface area contributed by atoms with Crippen molar-refractivity contribution in [2.24, 2.45) is 0 Å². The second kappa shape index (κ2) is 9.06. The first-order valence-electron chi connectivity index (χ1n) is 11.2. The zero-order valence-electron chi connectivity index (χ0n) is 19.8. The Morgan fingerprint density at radius 3 is 1.97 bits per heavy atom. The standard InChI is InChI=1S/C28H16N4O4S2/c1-31-23(12-29)25-21-9-16-5-4-15(14-37(33)34)8-19(16)26(21)28(24(13-30)32-2)27-20-11-18(38(3,35)36)7-6-17(20)10-22(25)27/h4-8,11H,9-10,14H2,3H3,(H,33,34)/p-1/b25-23+,28-24+. The maximum atomic E-state index is 12.4. The molecule has 0 heterocycles. The molecule has 0 spiro atoms. The molecule has 0 fully saturated rings. The minimum absolute atomic E-state index is 0.0636. The van der Waals surface area contributed by atoms with Crippen molar-refractivity contribution in [3.05, 3.63) is 97.5 Å². The van der Waals surface area contributed by atoms with E-state index in [2.05, 4.69) is 9.69 Å². The zero-order chi connectivity index (χ0) is 27.4. The average molecular weight is 536 g/mol. The van der Waals surface area contributed by atoms with Gasteiger partial charge in [0.05, 0.1) is 30.2 Å². The lowest BCUT2D eigenvalue weighted by atomic mass is 9.90. The molecule has 0 radical (unpaired) electrons. The molecule has 0 aromatic heterocycles. The van der Waals surface area contributed by atoms with Gasteiger partial charge in [0.1, 0.15) is 0 Å². The van der Waals surface area contributed by atoms with Crippen molar-refractivity contribution in [3.63, 3.8) is 0 Å². The summed E-state index contributed by atoms with van der Waals surface area (Å²) >= 11 is -2.34. The summed E-state index contributed by atoms with van der Waals surface area (Å²) in [4.78, 5) is 7.04. The molecule has 1 unspecified atom stereocenters. The highest BCUT2D eigenvalue weighted by molar-refractivity contribution is 7.90. The Kier molecular flexibility index (Phi) is 5.98. The van der Waals surface area contributed by atoms with E-state index < -0.39 is 20.9 Å². The zero-order valence-corrected chi connectivity index (χ0v) is 21.5. The van der Waals surface area contributed by atoms with E-state index in [1.165, 1.54) is 12.1 Å². The van der Waals surface area contributed by atoms with Gasteiger partial charge in [-0.05, 0) is 80.3 Å². The number of sulfone groups is 1. The minimum Gasteiger partial charge on any atom is -0.772 e. The van der Waals surface area contributed by atoms with Crippen LogP contribution in [0.5, 0.6) is 0 Å². The molecular weight excluding hydrogens is 520 g/mol. The van der Waals surface area contributed by atoms with Crippen molar-refractivity contribution in [3.8, 4) is 34.4 Å². The van der Waals surface area contributed by atoms with Gasteiger partial charge in [-0.2, -0.15) is 0 Å². The predicted octanol–water partition coefficient (Wildman–Crippen LogP) is 2.71. The molecule has 5 rings (SSSR count). The highest BCUT2D eigenvalue weighted by atomic mass is 32.2. The Balaban J connectivity index is 2.07. The molecule has 3 aromatic carbocycles. The summed E-state index contributed by atoms with van der Waals surface area (Å²) in [6.07, 6.45) is 1.70. The largest absolute Gasteiger partial charge is 0.772 e. The van der Waals surface area contributed by atoms with Gasteiger partial charge in [0.25, 0.3) is 11.4 Å². The summed E-state index contributed by atoms with van der Waals surface area (Å²) in [5.41, 5.74) is 5.01. The Bertz CT molecular complexity index is 2020. The molecule has 2 aliphatic carbocycles. The van der Waals surface area contributed by atoms with Crippen LogP contribution in [-0.2, 0) is 39.5 Å². The third kappa shape index (κ3) is 3.80. The molecule has 0 aliphatic heterocycles. The Morgan fingerprint density at radius 1 is 0.947 bits per heavy atom. The van der Waals surface area contributed by atoms with Crippen LogP contribution in [0.15, 0.2) is 41.3 Å². The van der Waals surface area contributed by atoms with Gasteiger partial charge in [-0.3, -0.25) is 4.21 Å². The third-order valence-corrected chi connectivity index (χ3v) is 8.54. The van der Waals surface area contributed by atoms with Crippen LogP contribution >= 0.6 is 0 Å². The van der Waals surface area contributed by atoms with Gasteiger partial charge in [-0.25, -0.2) is 28.6 Å². The number of nitriles is 2.